The van der Waals surface area contributed by atoms with Crippen LogP contribution in [0.1, 0.15) is 38.2 Å². The summed E-state index contributed by atoms with van der Waals surface area (Å²) in [7, 11) is 0. The number of ether oxygens (including phenoxy) is 1. The maximum Gasteiger partial charge on any atom is 0.141 e. The number of fused-ring (bicyclic) bond motifs is 1. The Labute approximate surface area is 229 Å². The Balaban J connectivity index is 1.29. The van der Waals surface area contributed by atoms with Gasteiger partial charge in [0.2, 0.25) is 0 Å². The van der Waals surface area contributed by atoms with Crippen molar-refractivity contribution in [2.75, 3.05) is 43.0 Å². The third-order valence-electron chi connectivity index (χ3n) is 7.91. The van der Waals surface area contributed by atoms with Gasteiger partial charge in [-0.2, -0.15) is 0 Å². The predicted octanol–water partition coefficient (Wildman–Crippen LogP) is 6.65. The fraction of sp³-hybridized carbons (Fsp3) is 0.419. The molecular weight excluding hydrogens is 490 g/mol. The zero-order valence-electron chi connectivity index (χ0n) is 22.2. The van der Waals surface area contributed by atoms with Gasteiger partial charge in [-0.15, -0.1) is 0 Å². The predicted molar refractivity (Wildman–Crippen MR) is 158 cm³/mol. The standard InChI is InChI=1S/C31H37N5OS/c1-2-37-31(36-17-9-10-18-36)25-15-19-35(20-16-25)28-27-26(24-13-7-4-8-14-24)29(38-30(27)34-22-33-28)32-21-23-11-5-3-6-12-23/h3-8,11-14,22,25,31-32H,2,9-10,15-21H2,1H3. The van der Waals surface area contributed by atoms with Crippen molar-refractivity contribution in [3.63, 3.8) is 0 Å². The van der Waals surface area contributed by atoms with Crippen molar-refractivity contribution in [2.45, 2.75) is 45.4 Å². The Morgan fingerprint density at radius 2 is 1.66 bits per heavy atom. The van der Waals surface area contributed by atoms with Gasteiger partial charge in [-0.25, -0.2) is 9.97 Å². The van der Waals surface area contributed by atoms with Crippen molar-refractivity contribution in [3.05, 3.63) is 72.6 Å². The molecule has 0 radical (unpaired) electrons. The minimum Gasteiger partial charge on any atom is -0.372 e. The molecule has 4 aromatic rings. The van der Waals surface area contributed by atoms with E-state index in [0.29, 0.717) is 5.92 Å². The first kappa shape index (κ1) is 25.3. The quantitative estimate of drug-likeness (QED) is 0.263. The molecule has 0 spiro atoms. The summed E-state index contributed by atoms with van der Waals surface area (Å²) in [5.41, 5.74) is 3.67. The lowest BCUT2D eigenvalue weighted by Gasteiger charge is -2.40. The van der Waals surface area contributed by atoms with Crippen LogP contribution >= 0.6 is 11.3 Å². The second-order valence-electron chi connectivity index (χ2n) is 10.3. The highest BCUT2D eigenvalue weighted by Crippen LogP contribution is 2.46. The lowest BCUT2D eigenvalue weighted by Crippen LogP contribution is -2.46. The van der Waals surface area contributed by atoms with Crippen LogP contribution in [-0.2, 0) is 11.3 Å². The normalized spacial score (nSPS) is 17.8. The molecule has 1 unspecified atom stereocenters. The maximum absolute atomic E-state index is 6.30. The van der Waals surface area contributed by atoms with Crippen LogP contribution in [0.2, 0.25) is 0 Å². The fourth-order valence-corrected chi connectivity index (χ4v) is 7.10. The number of nitrogens with one attached hydrogen (secondary N) is 1. The lowest BCUT2D eigenvalue weighted by atomic mass is 9.93. The average Bonchev–Trinajstić information content (AvgIpc) is 3.64. The van der Waals surface area contributed by atoms with Gasteiger partial charge in [0, 0.05) is 50.8 Å². The number of hydrogen-bond acceptors (Lipinski definition) is 7. The van der Waals surface area contributed by atoms with Gasteiger partial charge in [-0.1, -0.05) is 72.0 Å². The van der Waals surface area contributed by atoms with E-state index in [9.17, 15) is 0 Å². The Hall–Kier alpha value is -3.00. The highest BCUT2D eigenvalue weighted by molar-refractivity contribution is 7.23. The summed E-state index contributed by atoms with van der Waals surface area (Å²) in [5.74, 6) is 1.63. The molecule has 2 aliphatic rings. The molecule has 6 rings (SSSR count). The van der Waals surface area contributed by atoms with Gasteiger partial charge in [-0.3, -0.25) is 4.90 Å². The maximum atomic E-state index is 6.30. The van der Waals surface area contributed by atoms with Crippen molar-refractivity contribution in [1.82, 2.24) is 14.9 Å². The van der Waals surface area contributed by atoms with Gasteiger partial charge in [0.05, 0.1) is 10.4 Å². The second kappa shape index (κ2) is 11.8. The van der Waals surface area contributed by atoms with Crippen LogP contribution in [0, 0.1) is 5.92 Å². The summed E-state index contributed by atoms with van der Waals surface area (Å²) >= 11 is 1.73. The first-order valence-corrected chi connectivity index (χ1v) is 14.8. The largest absolute Gasteiger partial charge is 0.372 e. The third-order valence-corrected chi connectivity index (χ3v) is 8.96. The van der Waals surface area contributed by atoms with Crippen LogP contribution in [0.5, 0.6) is 0 Å². The van der Waals surface area contributed by atoms with E-state index in [-0.39, 0.29) is 6.23 Å². The van der Waals surface area contributed by atoms with Crippen molar-refractivity contribution < 1.29 is 4.74 Å². The highest BCUT2D eigenvalue weighted by atomic mass is 32.1. The first-order valence-electron chi connectivity index (χ1n) is 14.0. The monoisotopic (exact) mass is 527 g/mol. The molecule has 2 aromatic heterocycles. The molecule has 38 heavy (non-hydrogen) atoms. The van der Waals surface area contributed by atoms with Crippen molar-refractivity contribution in [2.24, 2.45) is 5.92 Å². The molecule has 198 valence electrons. The lowest BCUT2D eigenvalue weighted by molar-refractivity contribution is -0.0858. The Morgan fingerprint density at radius 1 is 0.947 bits per heavy atom. The summed E-state index contributed by atoms with van der Waals surface area (Å²) in [4.78, 5) is 15.7. The first-order chi connectivity index (χ1) is 18.8. The number of anilines is 2. The molecule has 1 N–H and O–H groups in total. The number of aromatic nitrogens is 2. The van der Waals surface area contributed by atoms with Crippen LogP contribution in [0.25, 0.3) is 21.3 Å². The van der Waals surface area contributed by atoms with Crippen molar-refractivity contribution in [3.8, 4) is 11.1 Å². The number of likely N-dealkylation sites (tertiary alicyclic amines) is 1. The number of benzene rings is 2. The SMILES string of the molecule is CCOC(C1CCN(c2ncnc3sc(NCc4ccccc4)c(-c4ccccc4)c23)CC1)N1CCCC1. The molecule has 1 atom stereocenters. The molecule has 2 saturated heterocycles. The summed E-state index contributed by atoms with van der Waals surface area (Å²) in [6.45, 7) is 8.01. The van der Waals surface area contributed by atoms with Crippen molar-refractivity contribution >= 4 is 32.4 Å². The van der Waals surface area contributed by atoms with Crippen LogP contribution in [0.3, 0.4) is 0 Å². The topological polar surface area (TPSA) is 53.5 Å². The number of piperidine rings is 1. The van der Waals surface area contributed by atoms with E-state index in [0.717, 1.165) is 54.7 Å². The summed E-state index contributed by atoms with van der Waals surface area (Å²) in [6, 6.07) is 21.3. The molecule has 4 heterocycles. The Morgan fingerprint density at radius 3 is 2.37 bits per heavy atom. The molecule has 2 fully saturated rings. The Bertz CT molecular complexity index is 1310. The summed E-state index contributed by atoms with van der Waals surface area (Å²) < 4.78 is 6.30. The molecule has 0 amide bonds. The van der Waals surface area contributed by atoms with Gasteiger partial charge < -0.3 is 15.0 Å². The van der Waals surface area contributed by atoms with Crippen LogP contribution in [0.4, 0.5) is 10.8 Å². The van der Waals surface area contributed by atoms with E-state index in [1.165, 1.54) is 48.0 Å². The van der Waals surface area contributed by atoms with Gasteiger partial charge >= 0.3 is 0 Å². The van der Waals surface area contributed by atoms with E-state index in [2.05, 4.69) is 82.7 Å². The zero-order chi connectivity index (χ0) is 25.7. The van der Waals surface area contributed by atoms with Crippen LogP contribution < -0.4 is 10.2 Å². The number of hydrogen-bond donors (Lipinski definition) is 1. The van der Waals surface area contributed by atoms with Crippen LogP contribution in [-0.4, -0.2) is 53.9 Å². The van der Waals surface area contributed by atoms with Gasteiger partial charge in [-0.05, 0) is 43.7 Å². The van der Waals surface area contributed by atoms with E-state index < -0.39 is 0 Å². The smallest absolute Gasteiger partial charge is 0.141 e. The number of thiophene rings is 1. The fourth-order valence-electron chi connectivity index (χ4n) is 6.04. The number of nitrogens with zero attached hydrogens (tertiary/aromatic N) is 4. The van der Waals surface area contributed by atoms with E-state index >= 15 is 0 Å². The molecule has 2 aliphatic heterocycles. The van der Waals surface area contributed by atoms with E-state index in [4.69, 9.17) is 14.7 Å². The van der Waals surface area contributed by atoms with Crippen molar-refractivity contribution in [1.29, 1.82) is 0 Å². The second-order valence-corrected chi connectivity index (χ2v) is 11.3. The average molecular weight is 528 g/mol. The highest BCUT2D eigenvalue weighted by Gasteiger charge is 2.33. The Kier molecular flexibility index (Phi) is 7.86. The van der Waals surface area contributed by atoms with Gasteiger partial charge in [0.25, 0.3) is 0 Å². The minimum absolute atomic E-state index is 0.255. The van der Waals surface area contributed by atoms with E-state index in [1.54, 1.807) is 17.7 Å². The summed E-state index contributed by atoms with van der Waals surface area (Å²) in [6.07, 6.45) is 6.83. The molecule has 6 nitrogen and oxygen atoms in total. The van der Waals surface area contributed by atoms with Gasteiger partial charge in [0.1, 0.15) is 23.2 Å². The third kappa shape index (κ3) is 5.28. The van der Waals surface area contributed by atoms with Crippen LogP contribution in [0.15, 0.2) is 67.0 Å². The zero-order valence-corrected chi connectivity index (χ0v) is 23.0. The molecule has 0 bridgehead atoms. The van der Waals surface area contributed by atoms with E-state index in [1.807, 2.05) is 0 Å². The molecule has 0 saturated carbocycles. The summed E-state index contributed by atoms with van der Waals surface area (Å²) in [5, 5.41) is 6.04. The molecular formula is C31H37N5OS. The van der Waals surface area contributed by atoms with Gasteiger partial charge in [0.15, 0.2) is 0 Å². The molecule has 0 aliphatic carbocycles. The molecule has 2 aromatic carbocycles. The minimum atomic E-state index is 0.255. The molecule has 7 heteroatoms. The number of rotatable bonds is 9.